The lowest BCUT2D eigenvalue weighted by Crippen LogP contribution is -2.48. The molecule has 1 aliphatic heterocycles. The Morgan fingerprint density at radius 1 is 1.39 bits per heavy atom. The van der Waals surface area contributed by atoms with Gasteiger partial charge in [0, 0.05) is 18.7 Å². The first-order valence-corrected chi connectivity index (χ1v) is 7.13. The number of rotatable bonds is 4. The predicted octanol–water partition coefficient (Wildman–Crippen LogP) is 3.01. The van der Waals surface area contributed by atoms with Crippen LogP contribution in [0.3, 0.4) is 0 Å². The molecule has 1 saturated heterocycles. The molecule has 1 heterocycles. The number of halogens is 4. The molecule has 1 atom stereocenters. The third kappa shape index (κ3) is 5.58. The van der Waals surface area contributed by atoms with E-state index in [1.807, 2.05) is 6.92 Å². The van der Waals surface area contributed by atoms with E-state index >= 15 is 0 Å². The van der Waals surface area contributed by atoms with E-state index in [1.165, 1.54) is 18.2 Å². The van der Waals surface area contributed by atoms with Gasteiger partial charge in [-0.1, -0.05) is 18.2 Å². The molecule has 2 rings (SSSR count). The van der Waals surface area contributed by atoms with Crippen molar-refractivity contribution in [3.63, 3.8) is 0 Å². The van der Waals surface area contributed by atoms with Gasteiger partial charge in [-0.05, 0) is 32.4 Å². The van der Waals surface area contributed by atoms with Crippen LogP contribution in [0, 0.1) is 5.41 Å². The number of ether oxygens (including phenoxy) is 1. The quantitative estimate of drug-likeness (QED) is 0.875. The van der Waals surface area contributed by atoms with Crippen molar-refractivity contribution in [2.45, 2.75) is 32.7 Å². The summed E-state index contributed by atoms with van der Waals surface area (Å²) < 4.78 is 41.0. The molecule has 1 amide bonds. The molecular weight excluding hydrogens is 333 g/mol. The fourth-order valence-corrected chi connectivity index (χ4v) is 2.51. The van der Waals surface area contributed by atoms with Crippen molar-refractivity contribution in [2.75, 3.05) is 13.1 Å². The van der Waals surface area contributed by atoms with Crippen LogP contribution in [-0.4, -0.2) is 25.4 Å². The number of alkyl halides is 3. The second kappa shape index (κ2) is 7.88. The van der Waals surface area contributed by atoms with Gasteiger partial charge in [0.05, 0.1) is 5.41 Å². The average molecular weight is 353 g/mol. The molecule has 4 nitrogen and oxygen atoms in total. The van der Waals surface area contributed by atoms with Gasteiger partial charge in [0.15, 0.2) is 0 Å². The fraction of sp³-hybridized carbons (Fsp3) is 0.533. The lowest BCUT2D eigenvalue weighted by atomic mass is 9.82. The Morgan fingerprint density at radius 2 is 2.09 bits per heavy atom. The summed E-state index contributed by atoms with van der Waals surface area (Å²) in [6.07, 6.45) is -3.09. The molecule has 0 radical (unpaired) electrons. The topological polar surface area (TPSA) is 50.4 Å². The van der Waals surface area contributed by atoms with E-state index in [9.17, 15) is 18.0 Å². The molecule has 1 unspecified atom stereocenters. The Morgan fingerprint density at radius 3 is 2.70 bits per heavy atom. The Hall–Kier alpha value is -1.47. The number of nitrogens with one attached hydrogen (secondary N) is 2. The molecule has 1 aromatic rings. The Balaban J connectivity index is 0.00000264. The predicted molar refractivity (Wildman–Crippen MR) is 82.4 cm³/mol. The maximum absolute atomic E-state index is 12.4. The standard InChI is InChI=1S/C15H19F3N2O2.ClH/c1-14(7-4-8-19-10-14)13(21)20-9-11-5-2-3-6-12(11)22-15(16,17)18;/h2-3,5-6,19H,4,7-10H2,1H3,(H,20,21);1H. The third-order valence-corrected chi connectivity index (χ3v) is 3.78. The van der Waals surface area contributed by atoms with Gasteiger partial charge in [0.25, 0.3) is 0 Å². The first kappa shape index (κ1) is 19.6. The molecule has 1 aliphatic rings. The van der Waals surface area contributed by atoms with Gasteiger partial charge in [-0.15, -0.1) is 25.6 Å². The van der Waals surface area contributed by atoms with Crippen LogP contribution >= 0.6 is 12.4 Å². The highest BCUT2D eigenvalue weighted by Crippen LogP contribution is 2.28. The van der Waals surface area contributed by atoms with E-state index in [0.717, 1.165) is 19.4 Å². The van der Waals surface area contributed by atoms with E-state index in [-0.39, 0.29) is 30.6 Å². The normalized spacial score (nSPS) is 21.2. The van der Waals surface area contributed by atoms with E-state index in [1.54, 1.807) is 6.07 Å². The second-order valence-electron chi connectivity index (χ2n) is 5.68. The van der Waals surface area contributed by atoms with Crippen LogP contribution < -0.4 is 15.4 Å². The fourth-order valence-electron chi connectivity index (χ4n) is 2.51. The average Bonchev–Trinajstić information content (AvgIpc) is 2.45. The summed E-state index contributed by atoms with van der Waals surface area (Å²) in [6.45, 7) is 3.30. The Labute approximate surface area is 139 Å². The van der Waals surface area contributed by atoms with E-state index in [0.29, 0.717) is 12.1 Å². The monoisotopic (exact) mass is 352 g/mol. The maximum atomic E-state index is 12.4. The summed E-state index contributed by atoms with van der Waals surface area (Å²) in [5.41, 5.74) is -0.238. The molecule has 1 aromatic carbocycles. The van der Waals surface area contributed by atoms with Crippen LogP contribution in [0.4, 0.5) is 13.2 Å². The molecular formula is C15H20ClF3N2O2. The molecule has 0 bridgehead atoms. The highest BCUT2D eigenvalue weighted by molar-refractivity contribution is 5.85. The number of carbonyl (C=O) groups excluding carboxylic acids is 1. The second-order valence-corrected chi connectivity index (χ2v) is 5.68. The van der Waals surface area contributed by atoms with Crippen molar-refractivity contribution in [1.82, 2.24) is 10.6 Å². The van der Waals surface area contributed by atoms with Crippen LogP contribution in [0.2, 0.25) is 0 Å². The van der Waals surface area contributed by atoms with Crippen LogP contribution in [0.25, 0.3) is 0 Å². The summed E-state index contributed by atoms with van der Waals surface area (Å²) in [5, 5.41) is 5.87. The van der Waals surface area contributed by atoms with Gasteiger partial charge >= 0.3 is 6.36 Å². The van der Waals surface area contributed by atoms with Crippen molar-refractivity contribution >= 4 is 18.3 Å². The molecule has 0 saturated carbocycles. The summed E-state index contributed by atoms with van der Waals surface area (Å²) in [7, 11) is 0. The Kier molecular flexibility index (Phi) is 6.70. The molecule has 0 spiro atoms. The summed E-state index contributed by atoms with van der Waals surface area (Å²) in [5.74, 6) is -0.455. The minimum atomic E-state index is -4.75. The maximum Gasteiger partial charge on any atom is 0.573 e. The Bertz CT molecular complexity index is 532. The van der Waals surface area contributed by atoms with Crippen LogP contribution in [0.5, 0.6) is 5.75 Å². The number of carbonyl (C=O) groups is 1. The van der Waals surface area contributed by atoms with Crippen molar-refractivity contribution in [3.05, 3.63) is 29.8 Å². The zero-order chi connectivity index (χ0) is 16.2. The smallest absolute Gasteiger partial charge is 0.405 e. The lowest BCUT2D eigenvalue weighted by Gasteiger charge is -2.32. The molecule has 2 N–H and O–H groups in total. The molecule has 0 aliphatic carbocycles. The van der Waals surface area contributed by atoms with E-state index in [2.05, 4.69) is 15.4 Å². The summed E-state index contributed by atoms with van der Waals surface area (Å²) >= 11 is 0. The molecule has 8 heteroatoms. The van der Waals surface area contributed by atoms with Gasteiger partial charge in [-0.25, -0.2) is 0 Å². The number of amides is 1. The van der Waals surface area contributed by atoms with Crippen molar-refractivity contribution < 1.29 is 22.7 Å². The first-order valence-electron chi connectivity index (χ1n) is 7.13. The van der Waals surface area contributed by atoms with E-state index in [4.69, 9.17) is 0 Å². The third-order valence-electron chi connectivity index (χ3n) is 3.78. The van der Waals surface area contributed by atoms with Crippen molar-refractivity contribution in [1.29, 1.82) is 0 Å². The highest BCUT2D eigenvalue weighted by atomic mass is 35.5. The zero-order valence-corrected chi connectivity index (χ0v) is 13.5. The van der Waals surface area contributed by atoms with Crippen LogP contribution in [0.15, 0.2) is 24.3 Å². The van der Waals surface area contributed by atoms with E-state index < -0.39 is 11.8 Å². The van der Waals surface area contributed by atoms with Gasteiger partial charge in [-0.2, -0.15) is 0 Å². The SMILES string of the molecule is CC1(C(=O)NCc2ccccc2OC(F)(F)F)CCCNC1.Cl. The molecule has 23 heavy (non-hydrogen) atoms. The molecule has 0 aromatic heterocycles. The lowest BCUT2D eigenvalue weighted by molar-refractivity contribution is -0.274. The number of benzene rings is 1. The molecule has 130 valence electrons. The van der Waals surface area contributed by atoms with Gasteiger partial charge in [-0.3, -0.25) is 4.79 Å². The number of hydrogen-bond donors (Lipinski definition) is 2. The summed E-state index contributed by atoms with van der Waals surface area (Å²) in [4.78, 5) is 12.3. The minimum Gasteiger partial charge on any atom is -0.405 e. The zero-order valence-electron chi connectivity index (χ0n) is 12.7. The highest BCUT2D eigenvalue weighted by Gasteiger charge is 2.35. The van der Waals surface area contributed by atoms with Gasteiger partial charge < -0.3 is 15.4 Å². The number of hydrogen-bond acceptors (Lipinski definition) is 3. The van der Waals surface area contributed by atoms with Crippen molar-refractivity contribution in [2.24, 2.45) is 5.41 Å². The summed E-state index contributed by atoms with van der Waals surface area (Å²) in [6, 6.07) is 5.80. The first-order chi connectivity index (χ1) is 10.3. The minimum absolute atomic E-state index is 0. The van der Waals surface area contributed by atoms with Crippen molar-refractivity contribution in [3.8, 4) is 5.75 Å². The number of piperidine rings is 1. The van der Waals surface area contributed by atoms with Gasteiger partial charge in [0.2, 0.25) is 5.91 Å². The largest absolute Gasteiger partial charge is 0.573 e. The number of para-hydroxylation sites is 1. The van der Waals surface area contributed by atoms with Crippen LogP contribution in [0.1, 0.15) is 25.3 Å². The molecule has 1 fully saturated rings. The van der Waals surface area contributed by atoms with Gasteiger partial charge in [0.1, 0.15) is 5.75 Å². The van der Waals surface area contributed by atoms with Crippen LogP contribution in [-0.2, 0) is 11.3 Å².